The number of nitrogens with one attached hydrogen (secondary N) is 1. The molecule has 2 rings (SSSR count). The lowest BCUT2D eigenvalue weighted by atomic mass is 10.3. The van der Waals surface area contributed by atoms with Gasteiger partial charge in [-0.3, -0.25) is 4.79 Å². The Morgan fingerprint density at radius 2 is 2.47 bits per heavy atom. The van der Waals surface area contributed by atoms with Crippen molar-refractivity contribution in [2.24, 2.45) is 7.05 Å². The van der Waals surface area contributed by atoms with Crippen molar-refractivity contribution in [2.75, 3.05) is 32.1 Å². The van der Waals surface area contributed by atoms with E-state index in [1.807, 2.05) is 0 Å². The molecule has 17 heavy (non-hydrogen) atoms. The molecule has 2 heterocycles. The summed E-state index contributed by atoms with van der Waals surface area (Å²) in [6, 6.07) is 1.65. The quantitative estimate of drug-likeness (QED) is 0.762. The van der Waals surface area contributed by atoms with Crippen molar-refractivity contribution in [1.82, 2.24) is 9.88 Å². The zero-order valence-corrected chi connectivity index (χ0v) is 9.81. The van der Waals surface area contributed by atoms with Crippen LogP contribution >= 0.6 is 0 Å². The number of hydrogen-bond donors (Lipinski definition) is 2. The van der Waals surface area contributed by atoms with Crippen molar-refractivity contribution in [3.05, 3.63) is 18.0 Å². The first-order valence-corrected chi connectivity index (χ1v) is 5.56. The molecule has 1 amide bonds. The van der Waals surface area contributed by atoms with Crippen LogP contribution in [0.25, 0.3) is 0 Å². The third kappa shape index (κ3) is 2.98. The lowest BCUT2D eigenvalue weighted by molar-refractivity contribution is -0.0855. The van der Waals surface area contributed by atoms with Gasteiger partial charge in [-0.25, -0.2) is 0 Å². The second kappa shape index (κ2) is 5.20. The molecule has 0 radical (unpaired) electrons. The number of ether oxygens (including phenoxy) is 2. The largest absolute Gasteiger partial charge is 0.397 e. The molecule has 0 saturated carbocycles. The standard InChI is InChI=1S/C11H17N3O3/c1-14-6-8(12)4-10(14)11(15)13-5-9-7-16-2-3-17-9/h4,6,9H,2-3,5,7,12H2,1H3,(H,13,15). The van der Waals surface area contributed by atoms with E-state index in [0.29, 0.717) is 37.7 Å². The van der Waals surface area contributed by atoms with Gasteiger partial charge in [-0.2, -0.15) is 0 Å². The highest BCUT2D eigenvalue weighted by molar-refractivity contribution is 5.93. The van der Waals surface area contributed by atoms with Crippen LogP contribution in [0.3, 0.4) is 0 Å². The molecule has 1 fully saturated rings. The van der Waals surface area contributed by atoms with Crippen molar-refractivity contribution >= 4 is 11.6 Å². The average Bonchev–Trinajstić information content (AvgIpc) is 2.67. The molecule has 0 bridgehead atoms. The van der Waals surface area contributed by atoms with E-state index in [0.717, 1.165) is 0 Å². The minimum absolute atomic E-state index is 0.0645. The number of rotatable bonds is 3. The molecule has 3 N–H and O–H groups in total. The fraction of sp³-hybridized carbons (Fsp3) is 0.545. The van der Waals surface area contributed by atoms with Crippen LogP contribution in [0.2, 0.25) is 0 Å². The first-order chi connectivity index (χ1) is 8.16. The normalized spacial score (nSPS) is 20.2. The number of carbonyl (C=O) groups excluding carboxylic acids is 1. The molecule has 0 spiro atoms. The van der Waals surface area contributed by atoms with E-state index in [4.69, 9.17) is 15.2 Å². The topological polar surface area (TPSA) is 78.5 Å². The lowest BCUT2D eigenvalue weighted by Gasteiger charge is -2.23. The van der Waals surface area contributed by atoms with Gasteiger partial charge in [0.1, 0.15) is 5.69 Å². The summed E-state index contributed by atoms with van der Waals surface area (Å²) in [4.78, 5) is 11.8. The molecular formula is C11H17N3O3. The van der Waals surface area contributed by atoms with Gasteiger partial charge in [-0.15, -0.1) is 0 Å². The Balaban J connectivity index is 1.86. The van der Waals surface area contributed by atoms with Crippen molar-refractivity contribution < 1.29 is 14.3 Å². The maximum atomic E-state index is 11.8. The second-order valence-corrected chi connectivity index (χ2v) is 4.05. The first kappa shape index (κ1) is 11.9. The molecule has 0 aliphatic carbocycles. The van der Waals surface area contributed by atoms with Crippen molar-refractivity contribution in [3.63, 3.8) is 0 Å². The van der Waals surface area contributed by atoms with Gasteiger partial charge in [-0.1, -0.05) is 0 Å². The van der Waals surface area contributed by atoms with Gasteiger partial charge in [0, 0.05) is 19.8 Å². The van der Waals surface area contributed by atoms with Crippen molar-refractivity contribution in [1.29, 1.82) is 0 Å². The Labute approximate surface area is 99.7 Å². The van der Waals surface area contributed by atoms with Crippen molar-refractivity contribution in [3.8, 4) is 0 Å². The Morgan fingerprint density at radius 1 is 1.65 bits per heavy atom. The summed E-state index contributed by atoms with van der Waals surface area (Å²) in [6.07, 6.45) is 1.64. The number of hydrogen-bond acceptors (Lipinski definition) is 4. The van der Waals surface area contributed by atoms with E-state index in [1.54, 1.807) is 23.9 Å². The van der Waals surface area contributed by atoms with Crippen molar-refractivity contribution in [2.45, 2.75) is 6.10 Å². The van der Waals surface area contributed by atoms with E-state index < -0.39 is 0 Å². The zero-order valence-electron chi connectivity index (χ0n) is 9.81. The SMILES string of the molecule is Cn1cc(N)cc1C(=O)NCC1COCCO1. The van der Waals surface area contributed by atoms with Gasteiger partial charge in [0.05, 0.1) is 31.6 Å². The number of amides is 1. The number of carbonyl (C=O) groups is 1. The van der Waals surface area contributed by atoms with E-state index in [1.165, 1.54) is 0 Å². The third-order valence-corrected chi connectivity index (χ3v) is 2.63. The number of anilines is 1. The minimum atomic E-state index is -0.154. The second-order valence-electron chi connectivity index (χ2n) is 4.05. The van der Waals surface area contributed by atoms with Gasteiger partial charge in [0.25, 0.3) is 5.91 Å². The van der Waals surface area contributed by atoms with E-state index in [9.17, 15) is 4.79 Å². The highest BCUT2D eigenvalue weighted by Crippen LogP contribution is 2.08. The summed E-state index contributed by atoms with van der Waals surface area (Å²) in [6.45, 7) is 2.18. The molecular weight excluding hydrogens is 222 g/mol. The Morgan fingerprint density at radius 3 is 3.06 bits per heavy atom. The fourth-order valence-electron chi connectivity index (χ4n) is 1.77. The minimum Gasteiger partial charge on any atom is -0.397 e. The molecule has 1 atom stereocenters. The number of aryl methyl sites for hydroxylation is 1. The maximum absolute atomic E-state index is 11.8. The van der Waals surface area contributed by atoms with Crippen LogP contribution in [0.15, 0.2) is 12.3 Å². The predicted molar refractivity (Wildman–Crippen MR) is 62.7 cm³/mol. The van der Waals surface area contributed by atoms with Crippen LogP contribution in [0, 0.1) is 0 Å². The summed E-state index contributed by atoms with van der Waals surface area (Å²) in [5.41, 5.74) is 6.73. The molecule has 0 aromatic carbocycles. The predicted octanol–water partition coefficient (Wildman–Crippen LogP) is -0.247. The number of aromatic nitrogens is 1. The van der Waals surface area contributed by atoms with Crippen LogP contribution in [0.5, 0.6) is 0 Å². The van der Waals surface area contributed by atoms with Gasteiger partial charge in [-0.05, 0) is 6.07 Å². The number of nitrogen functional groups attached to an aromatic ring is 1. The molecule has 1 saturated heterocycles. The van der Waals surface area contributed by atoms with Crippen LogP contribution in [-0.2, 0) is 16.5 Å². The summed E-state index contributed by atoms with van der Waals surface area (Å²) in [5, 5.41) is 2.80. The molecule has 6 nitrogen and oxygen atoms in total. The molecule has 1 unspecified atom stereocenters. The molecule has 1 aliphatic heterocycles. The summed E-state index contributed by atoms with van der Waals surface area (Å²) < 4.78 is 12.4. The molecule has 6 heteroatoms. The number of nitrogens with zero attached hydrogens (tertiary/aromatic N) is 1. The Kier molecular flexibility index (Phi) is 3.65. The van der Waals surface area contributed by atoms with E-state index >= 15 is 0 Å². The fourth-order valence-corrected chi connectivity index (χ4v) is 1.77. The maximum Gasteiger partial charge on any atom is 0.268 e. The molecule has 1 aromatic rings. The summed E-state index contributed by atoms with van der Waals surface area (Å²) in [5.74, 6) is -0.154. The average molecular weight is 239 g/mol. The summed E-state index contributed by atoms with van der Waals surface area (Å²) in [7, 11) is 1.78. The van der Waals surface area contributed by atoms with Crippen LogP contribution < -0.4 is 11.1 Å². The van der Waals surface area contributed by atoms with Crippen LogP contribution in [0.1, 0.15) is 10.5 Å². The van der Waals surface area contributed by atoms with Gasteiger partial charge in [0.2, 0.25) is 0 Å². The smallest absolute Gasteiger partial charge is 0.268 e. The van der Waals surface area contributed by atoms with Crippen LogP contribution in [0.4, 0.5) is 5.69 Å². The highest BCUT2D eigenvalue weighted by atomic mass is 16.6. The molecule has 94 valence electrons. The lowest BCUT2D eigenvalue weighted by Crippen LogP contribution is -2.40. The van der Waals surface area contributed by atoms with Gasteiger partial charge in [0.15, 0.2) is 0 Å². The van der Waals surface area contributed by atoms with Gasteiger partial charge < -0.3 is 25.1 Å². The molecule has 1 aliphatic rings. The Hall–Kier alpha value is -1.53. The third-order valence-electron chi connectivity index (χ3n) is 2.63. The first-order valence-electron chi connectivity index (χ1n) is 5.56. The Bertz CT molecular complexity index is 397. The highest BCUT2D eigenvalue weighted by Gasteiger charge is 2.17. The van der Waals surface area contributed by atoms with Gasteiger partial charge >= 0.3 is 0 Å². The summed E-state index contributed by atoms with van der Waals surface area (Å²) >= 11 is 0. The number of nitrogens with two attached hydrogens (primary N) is 1. The van der Waals surface area contributed by atoms with E-state index in [-0.39, 0.29) is 12.0 Å². The van der Waals surface area contributed by atoms with E-state index in [2.05, 4.69) is 5.32 Å². The molecule has 1 aromatic heterocycles. The van der Waals surface area contributed by atoms with Crippen LogP contribution in [-0.4, -0.2) is 42.9 Å². The monoisotopic (exact) mass is 239 g/mol. The zero-order chi connectivity index (χ0) is 12.3.